The first-order valence-corrected chi connectivity index (χ1v) is 13.0. The van der Waals surface area contributed by atoms with Crippen molar-refractivity contribution in [2.24, 2.45) is 4.99 Å². The summed E-state index contributed by atoms with van der Waals surface area (Å²) in [5, 5.41) is 6.83. The van der Waals surface area contributed by atoms with Gasteiger partial charge >= 0.3 is 6.18 Å². The molecule has 0 unspecified atom stereocenters. The van der Waals surface area contributed by atoms with E-state index in [1.54, 1.807) is 41.4 Å². The van der Waals surface area contributed by atoms with E-state index in [9.17, 15) is 18.0 Å². The lowest BCUT2D eigenvalue weighted by atomic mass is 10.0. The lowest BCUT2D eigenvalue weighted by molar-refractivity contribution is -0.138. The Morgan fingerprint density at radius 3 is 2.62 bits per heavy atom. The van der Waals surface area contributed by atoms with Crippen LogP contribution in [-0.4, -0.2) is 64.9 Å². The molecule has 3 aromatic rings. The summed E-state index contributed by atoms with van der Waals surface area (Å²) in [6, 6.07) is 10.9. The highest BCUT2D eigenvalue weighted by molar-refractivity contribution is 6.04. The zero-order chi connectivity index (χ0) is 28.3. The molecule has 0 atom stereocenters. The summed E-state index contributed by atoms with van der Waals surface area (Å²) in [5.41, 5.74) is 2.18. The Morgan fingerprint density at radius 2 is 1.85 bits per heavy atom. The molecule has 2 aliphatic rings. The molecule has 0 bridgehead atoms. The summed E-state index contributed by atoms with van der Waals surface area (Å²) in [5.74, 6) is 6.45. The van der Waals surface area contributed by atoms with Crippen LogP contribution in [-0.2, 0) is 12.7 Å². The average Bonchev–Trinajstić information content (AvgIpc) is 3.26. The zero-order valence-electron chi connectivity index (χ0n) is 22.3. The summed E-state index contributed by atoms with van der Waals surface area (Å²) < 4.78 is 43.5. The van der Waals surface area contributed by atoms with Crippen LogP contribution in [0.25, 0.3) is 6.20 Å². The normalized spacial score (nSPS) is 16.0. The molecule has 5 rings (SSSR count). The molecule has 40 heavy (non-hydrogen) atoms. The van der Waals surface area contributed by atoms with Gasteiger partial charge in [-0.25, -0.2) is 9.67 Å². The number of alkyl halides is 3. The number of hydrogen-bond donors (Lipinski definition) is 1. The molecule has 3 heterocycles. The molecule has 0 radical (unpaired) electrons. The molecule has 0 spiro atoms. The van der Waals surface area contributed by atoms with Crippen LogP contribution in [0.1, 0.15) is 39.0 Å². The Bertz CT molecular complexity index is 1530. The maximum Gasteiger partial charge on any atom is 0.416 e. The highest BCUT2D eigenvalue weighted by Gasteiger charge is 2.34. The highest BCUT2D eigenvalue weighted by Crippen LogP contribution is 2.34. The van der Waals surface area contributed by atoms with Gasteiger partial charge in [0.2, 0.25) is 0 Å². The Hall–Kier alpha value is -4.20. The second-order valence-electron chi connectivity index (χ2n) is 9.99. The van der Waals surface area contributed by atoms with Gasteiger partial charge in [0, 0.05) is 80.0 Å². The summed E-state index contributed by atoms with van der Waals surface area (Å²) in [6.45, 7) is 5.14. The van der Waals surface area contributed by atoms with Crippen molar-refractivity contribution in [3.05, 3.63) is 82.1 Å². The van der Waals surface area contributed by atoms with Crippen LogP contribution in [0.15, 0.2) is 59.2 Å². The molecule has 0 aliphatic carbocycles. The van der Waals surface area contributed by atoms with Crippen LogP contribution >= 0.6 is 0 Å². The van der Waals surface area contributed by atoms with E-state index in [4.69, 9.17) is 0 Å². The smallest absolute Gasteiger partial charge is 0.322 e. The van der Waals surface area contributed by atoms with Gasteiger partial charge in [0.05, 0.1) is 11.8 Å². The average molecular weight is 547 g/mol. The molecule has 0 saturated carbocycles. The fourth-order valence-corrected chi connectivity index (χ4v) is 4.58. The standard InChI is InChI=1S/C30H29F3N6O/c1-21-3-5-24(17-23(21)6-4-22-9-11-34-28-10-12-35-39(28)19-22)29(40)36-26-8-7-25(27(18-26)30(31,32)33)20-38-15-13-37(2)14-16-38/h3,5,7-8,10-12,17-19H,9,13-16,20H2,1-2H3,(H,36,40). The monoisotopic (exact) mass is 546 g/mol. The van der Waals surface area contributed by atoms with Crippen molar-refractivity contribution in [2.75, 3.05) is 38.5 Å². The van der Waals surface area contributed by atoms with Crippen LogP contribution in [0, 0.1) is 18.8 Å². The Morgan fingerprint density at radius 1 is 1.05 bits per heavy atom. The van der Waals surface area contributed by atoms with Crippen LogP contribution in [0.4, 0.5) is 24.7 Å². The maximum absolute atomic E-state index is 14.0. The fraction of sp³-hybridized carbons (Fsp3) is 0.300. The third kappa shape index (κ3) is 6.50. The lowest BCUT2D eigenvalue weighted by Gasteiger charge is -2.33. The molecule has 7 nitrogen and oxygen atoms in total. The van der Waals surface area contributed by atoms with Crippen LogP contribution in [0.3, 0.4) is 0 Å². The number of aryl methyl sites for hydroxylation is 1. The van der Waals surface area contributed by atoms with Crippen molar-refractivity contribution in [3.8, 4) is 11.8 Å². The number of benzene rings is 2. The number of nitrogens with one attached hydrogen (secondary N) is 1. The minimum Gasteiger partial charge on any atom is -0.322 e. The Labute approximate surface area is 231 Å². The number of fused-ring (bicyclic) bond motifs is 1. The Balaban J connectivity index is 1.33. The van der Waals surface area contributed by atoms with Crippen molar-refractivity contribution in [1.29, 1.82) is 0 Å². The van der Waals surface area contributed by atoms with Crippen molar-refractivity contribution < 1.29 is 18.0 Å². The molecule has 1 amide bonds. The molecule has 2 aromatic carbocycles. The summed E-state index contributed by atoms with van der Waals surface area (Å²) in [6.07, 6.45) is 1.24. The van der Waals surface area contributed by atoms with E-state index in [1.165, 1.54) is 12.1 Å². The van der Waals surface area contributed by atoms with Gasteiger partial charge in [-0.2, -0.15) is 18.3 Å². The van der Waals surface area contributed by atoms with Gasteiger partial charge in [-0.3, -0.25) is 9.69 Å². The SMILES string of the molecule is Cc1ccc(C(=O)Nc2ccc(CN3CCN(C)CC3)c(C(F)(F)F)c2)cc1C#CC1=Cn2nccc2N=CC1. The first-order valence-electron chi connectivity index (χ1n) is 13.0. The fourth-order valence-electron chi connectivity index (χ4n) is 4.58. The highest BCUT2D eigenvalue weighted by atomic mass is 19.4. The predicted octanol–water partition coefficient (Wildman–Crippen LogP) is 5.21. The first kappa shape index (κ1) is 27.4. The number of anilines is 1. The van der Waals surface area contributed by atoms with Gasteiger partial charge in [-0.05, 0) is 49.4 Å². The van der Waals surface area contributed by atoms with Gasteiger partial charge in [0.25, 0.3) is 5.91 Å². The number of nitrogens with zero attached hydrogens (tertiary/aromatic N) is 5. The second-order valence-corrected chi connectivity index (χ2v) is 9.99. The topological polar surface area (TPSA) is 65.8 Å². The van der Waals surface area contributed by atoms with Crippen molar-refractivity contribution in [2.45, 2.75) is 26.1 Å². The number of carbonyl (C=O) groups excluding carboxylic acids is 1. The Kier molecular flexibility index (Phi) is 7.87. The van der Waals surface area contributed by atoms with E-state index in [0.717, 1.165) is 30.3 Å². The first-order chi connectivity index (χ1) is 19.2. The van der Waals surface area contributed by atoms with Crippen LogP contribution < -0.4 is 5.32 Å². The molecule has 206 valence electrons. The number of halogens is 3. The second kappa shape index (κ2) is 11.5. The number of amides is 1. The van der Waals surface area contributed by atoms with Crippen LogP contribution in [0.2, 0.25) is 0 Å². The van der Waals surface area contributed by atoms with E-state index in [1.807, 2.05) is 25.1 Å². The number of carbonyl (C=O) groups is 1. The molecular weight excluding hydrogens is 517 g/mol. The van der Waals surface area contributed by atoms with E-state index in [2.05, 4.69) is 32.1 Å². The van der Waals surface area contributed by atoms with Crippen molar-refractivity contribution in [1.82, 2.24) is 19.6 Å². The number of likely N-dealkylation sites (N-methyl/N-ethyl adjacent to an activating group) is 1. The number of hydrogen-bond acceptors (Lipinski definition) is 5. The summed E-state index contributed by atoms with van der Waals surface area (Å²) in [7, 11) is 2.00. The third-order valence-electron chi connectivity index (χ3n) is 6.98. The van der Waals surface area contributed by atoms with Gasteiger partial charge < -0.3 is 10.2 Å². The molecule has 1 aromatic heterocycles. The zero-order valence-corrected chi connectivity index (χ0v) is 22.3. The largest absolute Gasteiger partial charge is 0.416 e. The lowest BCUT2D eigenvalue weighted by Crippen LogP contribution is -2.44. The number of rotatable bonds is 4. The molecule has 2 aliphatic heterocycles. The summed E-state index contributed by atoms with van der Waals surface area (Å²) in [4.78, 5) is 21.5. The van der Waals surface area contributed by atoms with Crippen molar-refractivity contribution >= 4 is 29.8 Å². The van der Waals surface area contributed by atoms with Gasteiger partial charge in [-0.1, -0.05) is 24.0 Å². The number of aliphatic imine (C=N–C) groups is 1. The predicted molar refractivity (Wildman–Crippen MR) is 149 cm³/mol. The van der Waals surface area contributed by atoms with Crippen molar-refractivity contribution in [3.63, 3.8) is 0 Å². The number of aromatic nitrogens is 2. The minimum atomic E-state index is -4.54. The van der Waals surface area contributed by atoms with Crippen LogP contribution in [0.5, 0.6) is 0 Å². The van der Waals surface area contributed by atoms with E-state index in [0.29, 0.717) is 36.5 Å². The maximum atomic E-state index is 14.0. The van der Waals surface area contributed by atoms with E-state index >= 15 is 0 Å². The molecule has 1 N–H and O–H groups in total. The van der Waals surface area contributed by atoms with Gasteiger partial charge in [-0.15, -0.1) is 0 Å². The summed E-state index contributed by atoms with van der Waals surface area (Å²) >= 11 is 0. The van der Waals surface area contributed by atoms with E-state index < -0.39 is 17.6 Å². The number of piperazine rings is 1. The molecule has 1 saturated heterocycles. The molecule has 1 fully saturated rings. The van der Waals surface area contributed by atoms with Gasteiger partial charge in [0.15, 0.2) is 5.82 Å². The quantitative estimate of drug-likeness (QED) is 0.457. The number of allylic oxidation sites excluding steroid dienone is 1. The molecular formula is C30H29F3N6O. The third-order valence-corrected chi connectivity index (χ3v) is 6.98. The van der Waals surface area contributed by atoms with E-state index in [-0.39, 0.29) is 17.8 Å². The van der Waals surface area contributed by atoms with Gasteiger partial charge in [0.1, 0.15) is 0 Å². The minimum absolute atomic E-state index is 0.0885. The molecule has 10 heteroatoms.